The van der Waals surface area contributed by atoms with Crippen molar-refractivity contribution in [1.82, 2.24) is 0 Å². The molecule has 1 radical (unpaired) electrons. The summed E-state index contributed by atoms with van der Waals surface area (Å²) in [6.07, 6.45) is 4.99. The molecule has 0 aliphatic carbocycles. The van der Waals surface area contributed by atoms with Gasteiger partial charge in [0.05, 0.1) is 0 Å². The van der Waals surface area contributed by atoms with Gasteiger partial charge in [0.25, 0.3) is 0 Å². The predicted octanol–water partition coefficient (Wildman–Crippen LogP) is 2.12. The topological polar surface area (TPSA) is 26.0 Å². The first-order valence-corrected chi connectivity index (χ1v) is 3.88. The number of nitrogens with two attached hydrogens (primary N) is 1. The SMILES string of the molecule is CCCC[C](CC)CN. The van der Waals surface area contributed by atoms with Gasteiger partial charge in [0.15, 0.2) is 0 Å². The molecule has 0 aromatic carbocycles. The summed E-state index contributed by atoms with van der Waals surface area (Å²) in [6.45, 7) is 5.18. The molecule has 2 N–H and O–H groups in total. The molecule has 0 amide bonds. The second kappa shape index (κ2) is 6.09. The maximum absolute atomic E-state index is 5.49. The Morgan fingerprint density at radius 3 is 2.33 bits per heavy atom. The fourth-order valence-electron chi connectivity index (χ4n) is 0.850. The van der Waals surface area contributed by atoms with Crippen molar-refractivity contribution in [3.05, 3.63) is 5.92 Å². The van der Waals surface area contributed by atoms with E-state index < -0.39 is 0 Å². The zero-order valence-electron chi connectivity index (χ0n) is 6.61. The van der Waals surface area contributed by atoms with E-state index in [0.717, 1.165) is 13.0 Å². The zero-order chi connectivity index (χ0) is 7.11. The molecule has 0 rings (SSSR count). The second-order valence-electron chi connectivity index (χ2n) is 2.41. The lowest BCUT2D eigenvalue weighted by molar-refractivity contribution is 0.668. The largest absolute Gasteiger partial charge is 0.330 e. The van der Waals surface area contributed by atoms with E-state index in [2.05, 4.69) is 13.8 Å². The third kappa shape index (κ3) is 4.46. The highest BCUT2D eigenvalue weighted by Crippen LogP contribution is 2.12. The molecule has 0 aliphatic rings. The van der Waals surface area contributed by atoms with Crippen LogP contribution in [0.3, 0.4) is 0 Å². The Morgan fingerprint density at radius 1 is 1.33 bits per heavy atom. The first-order valence-electron chi connectivity index (χ1n) is 3.88. The van der Waals surface area contributed by atoms with Gasteiger partial charge in [0, 0.05) is 0 Å². The highest BCUT2D eigenvalue weighted by Gasteiger charge is 2.01. The fraction of sp³-hybridized carbons (Fsp3) is 0.875. The summed E-state index contributed by atoms with van der Waals surface area (Å²) in [5.41, 5.74) is 5.49. The van der Waals surface area contributed by atoms with Gasteiger partial charge >= 0.3 is 0 Å². The first kappa shape index (κ1) is 8.96. The van der Waals surface area contributed by atoms with Gasteiger partial charge in [-0.1, -0.05) is 26.7 Å². The van der Waals surface area contributed by atoms with E-state index in [-0.39, 0.29) is 0 Å². The Labute approximate surface area is 58.6 Å². The molecule has 9 heavy (non-hydrogen) atoms. The van der Waals surface area contributed by atoms with Crippen LogP contribution in [0, 0.1) is 5.92 Å². The van der Waals surface area contributed by atoms with E-state index in [1.807, 2.05) is 0 Å². The molecule has 0 aromatic rings. The van der Waals surface area contributed by atoms with Crippen molar-refractivity contribution in [3.8, 4) is 0 Å². The van der Waals surface area contributed by atoms with Gasteiger partial charge < -0.3 is 5.73 Å². The smallest absolute Gasteiger partial charge is 0.00148 e. The molecule has 0 saturated heterocycles. The highest BCUT2D eigenvalue weighted by atomic mass is 14.5. The normalized spacial score (nSPS) is 10.7. The molecular weight excluding hydrogens is 110 g/mol. The molecule has 0 aromatic heterocycles. The van der Waals surface area contributed by atoms with E-state index in [1.54, 1.807) is 0 Å². The number of unbranched alkanes of at least 4 members (excludes halogenated alkanes) is 1. The van der Waals surface area contributed by atoms with E-state index in [9.17, 15) is 0 Å². The van der Waals surface area contributed by atoms with Crippen molar-refractivity contribution in [2.75, 3.05) is 6.54 Å². The number of hydrogen-bond donors (Lipinski definition) is 1. The lowest BCUT2D eigenvalue weighted by Gasteiger charge is -2.08. The van der Waals surface area contributed by atoms with Crippen molar-refractivity contribution in [3.63, 3.8) is 0 Å². The van der Waals surface area contributed by atoms with Crippen LogP contribution in [-0.4, -0.2) is 6.54 Å². The van der Waals surface area contributed by atoms with Crippen LogP contribution in [0.2, 0.25) is 0 Å². The van der Waals surface area contributed by atoms with E-state index in [1.165, 1.54) is 25.2 Å². The summed E-state index contributed by atoms with van der Waals surface area (Å²) in [5.74, 6) is 1.51. The third-order valence-electron chi connectivity index (χ3n) is 1.67. The lowest BCUT2D eigenvalue weighted by atomic mass is 10.00. The maximum atomic E-state index is 5.49. The summed E-state index contributed by atoms with van der Waals surface area (Å²) >= 11 is 0. The van der Waals surface area contributed by atoms with Gasteiger partial charge in [-0.3, -0.25) is 0 Å². The summed E-state index contributed by atoms with van der Waals surface area (Å²) in [6, 6.07) is 0. The third-order valence-corrected chi connectivity index (χ3v) is 1.67. The van der Waals surface area contributed by atoms with Crippen molar-refractivity contribution in [2.45, 2.75) is 39.5 Å². The summed E-state index contributed by atoms with van der Waals surface area (Å²) in [7, 11) is 0. The zero-order valence-corrected chi connectivity index (χ0v) is 6.61. The minimum absolute atomic E-state index is 0.788. The minimum Gasteiger partial charge on any atom is -0.330 e. The van der Waals surface area contributed by atoms with E-state index in [0.29, 0.717) is 0 Å². The molecule has 0 heterocycles. The van der Waals surface area contributed by atoms with Crippen LogP contribution in [0.5, 0.6) is 0 Å². The fourth-order valence-corrected chi connectivity index (χ4v) is 0.850. The number of hydrogen-bond acceptors (Lipinski definition) is 1. The standard InChI is InChI=1S/C8H18N/c1-3-5-6-8(4-2)7-9/h3-7,9H2,1-2H3. The van der Waals surface area contributed by atoms with Crippen LogP contribution >= 0.6 is 0 Å². The molecule has 0 unspecified atom stereocenters. The Hall–Kier alpha value is -0.0400. The highest BCUT2D eigenvalue weighted by molar-refractivity contribution is 4.88. The molecule has 1 nitrogen and oxygen atoms in total. The maximum Gasteiger partial charge on any atom is -0.00148 e. The molecule has 55 valence electrons. The summed E-state index contributed by atoms with van der Waals surface area (Å²) < 4.78 is 0. The van der Waals surface area contributed by atoms with Crippen LogP contribution in [0.4, 0.5) is 0 Å². The summed E-state index contributed by atoms with van der Waals surface area (Å²) in [5, 5.41) is 0. The predicted molar refractivity (Wildman–Crippen MR) is 42.1 cm³/mol. The molecule has 0 spiro atoms. The van der Waals surface area contributed by atoms with E-state index >= 15 is 0 Å². The molecule has 1 heteroatoms. The molecule has 0 fully saturated rings. The van der Waals surface area contributed by atoms with Gasteiger partial charge in [0.2, 0.25) is 0 Å². The Morgan fingerprint density at radius 2 is 2.00 bits per heavy atom. The first-order chi connectivity index (χ1) is 4.35. The number of rotatable bonds is 5. The van der Waals surface area contributed by atoms with Gasteiger partial charge in [0.1, 0.15) is 0 Å². The minimum atomic E-state index is 0.788. The van der Waals surface area contributed by atoms with Crippen molar-refractivity contribution in [2.24, 2.45) is 5.73 Å². The molecule has 0 bridgehead atoms. The Balaban J connectivity index is 3.09. The van der Waals surface area contributed by atoms with E-state index in [4.69, 9.17) is 5.73 Å². The van der Waals surface area contributed by atoms with Crippen molar-refractivity contribution in [1.29, 1.82) is 0 Å². The average molecular weight is 128 g/mol. The van der Waals surface area contributed by atoms with Crippen LogP contribution in [0.1, 0.15) is 39.5 Å². The average Bonchev–Trinajstić information content (AvgIpc) is 1.91. The van der Waals surface area contributed by atoms with Crippen molar-refractivity contribution < 1.29 is 0 Å². The Kier molecular flexibility index (Phi) is 6.06. The summed E-state index contributed by atoms with van der Waals surface area (Å²) in [4.78, 5) is 0. The van der Waals surface area contributed by atoms with Gasteiger partial charge in [-0.25, -0.2) is 0 Å². The Bertz CT molecular complexity index is 48.5. The molecular formula is C8H18N. The monoisotopic (exact) mass is 128 g/mol. The van der Waals surface area contributed by atoms with Gasteiger partial charge in [-0.15, -0.1) is 0 Å². The van der Waals surface area contributed by atoms with Gasteiger partial charge in [-0.2, -0.15) is 0 Å². The van der Waals surface area contributed by atoms with Crippen LogP contribution in [0.25, 0.3) is 0 Å². The van der Waals surface area contributed by atoms with Gasteiger partial charge in [-0.05, 0) is 25.3 Å². The quantitative estimate of drug-likeness (QED) is 0.603. The lowest BCUT2D eigenvalue weighted by Crippen LogP contribution is -2.10. The van der Waals surface area contributed by atoms with Crippen LogP contribution < -0.4 is 5.73 Å². The van der Waals surface area contributed by atoms with Crippen LogP contribution in [0.15, 0.2) is 0 Å². The second-order valence-corrected chi connectivity index (χ2v) is 2.41. The van der Waals surface area contributed by atoms with Crippen molar-refractivity contribution >= 4 is 0 Å². The molecule has 0 saturated carbocycles. The molecule has 0 aliphatic heterocycles. The molecule has 0 atom stereocenters. The van der Waals surface area contributed by atoms with Crippen LogP contribution in [-0.2, 0) is 0 Å².